The summed E-state index contributed by atoms with van der Waals surface area (Å²) in [5, 5.41) is 12.5. The first-order chi connectivity index (χ1) is 11.7. The van der Waals surface area contributed by atoms with Crippen LogP contribution in [0.3, 0.4) is 0 Å². The number of nitrogens with one attached hydrogen (secondary N) is 1. The number of aryl methyl sites for hydroxylation is 1. The van der Waals surface area contributed by atoms with Crippen LogP contribution in [0.1, 0.15) is 22.6 Å². The average molecular weight is 357 g/mol. The third kappa shape index (κ3) is 3.93. The van der Waals surface area contributed by atoms with Crippen LogP contribution in [0.25, 0.3) is 0 Å². The molecule has 0 saturated heterocycles. The van der Waals surface area contributed by atoms with Crippen molar-refractivity contribution in [2.45, 2.75) is 18.2 Å². The van der Waals surface area contributed by atoms with Crippen LogP contribution in [0.15, 0.2) is 36.7 Å². The van der Waals surface area contributed by atoms with Gasteiger partial charge in [0.25, 0.3) is 5.91 Å². The van der Waals surface area contributed by atoms with Gasteiger partial charge in [0.05, 0.1) is 7.11 Å². The number of amides is 1. The standard InChI is InChI=1S/C16H18F3N3O3/c1-22-10-9-21-14(22)15(24,16(17,18)19)7-8-20-13(23)11-3-5-12(25-2)6-4-11/h3-6,9-10,24H,7-8H2,1-2H3,(H,20,23). The van der Waals surface area contributed by atoms with Gasteiger partial charge in [-0.2, -0.15) is 13.2 Å². The first kappa shape index (κ1) is 18.8. The van der Waals surface area contributed by atoms with Crippen LogP contribution >= 0.6 is 0 Å². The van der Waals surface area contributed by atoms with E-state index in [4.69, 9.17) is 4.74 Å². The molecule has 0 aliphatic heterocycles. The maximum Gasteiger partial charge on any atom is 0.424 e. The fourth-order valence-corrected chi connectivity index (χ4v) is 2.35. The molecule has 1 heterocycles. The van der Waals surface area contributed by atoms with E-state index in [0.29, 0.717) is 5.75 Å². The van der Waals surface area contributed by atoms with Gasteiger partial charge in [-0.1, -0.05) is 0 Å². The lowest BCUT2D eigenvalue weighted by Crippen LogP contribution is -2.46. The zero-order chi connectivity index (χ0) is 18.7. The third-order valence-corrected chi connectivity index (χ3v) is 3.78. The SMILES string of the molecule is COc1ccc(C(=O)NCCC(O)(c2nccn2C)C(F)(F)F)cc1. The Hall–Kier alpha value is -2.55. The van der Waals surface area contributed by atoms with E-state index < -0.39 is 29.9 Å². The zero-order valence-electron chi connectivity index (χ0n) is 13.7. The summed E-state index contributed by atoms with van der Waals surface area (Å²) < 4.78 is 46.1. The summed E-state index contributed by atoms with van der Waals surface area (Å²) in [6.45, 7) is -0.381. The molecule has 1 atom stereocenters. The maximum atomic E-state index is 13.3. The van der Waals surface area contributed by atoms with Crippen molar-refractivity contribution < 1.29 is 27.8 Å². The minimum absolute atomic E-state index is 0.272. The van der Waals surface area contributed by atoms with Crippen molar-refractivity contribution in [2.75, 3.05) is 13.7 Å². The molecule has 6 nitrogen and oxygen atoms in total. The van der Waals surface area contributed by atoms with Crippen molar-refractivity contribution in [1.82, 2.24) is 14.9 Å². The van der Waals surface area contributed by atoms with Crippen LogP contribution in [0.2, 0.25) is 0 Å². The molecular weight excluding hydrogens is 339 g/mol. The summed E-state index contributed by atoms with van der Waals surface area (Å²) in [5.41, 5.74) is -2.88. The molecule has 0 bridgehead atoms. The molecule has 9 heteroatoms. The van der Waals surface area contributed by atoms with Crippen molar-refractivity contribution >= 4 is 5.91 Å². The quantitative estimate of drug-likeness (QED) is 0.829. The summed E-state index contributed by atoms with van der Waals surface area (Å²) in [6, 6.07) is 6.11. The topological polar surface area (TPSA) is 76.4 Å². The first-order valence-corrected chi connectivity index (χ1v) is 7.38. The largest absolute Gasteiger partial charge is 0.497 e. The van der Waals surface area contributed by atoms with Crippen LogP contribution in [-0.2, 0) is 12.6 Å². The van der Waals surface area contributed by atoms with Crippen molar-refractivity contribution in [3.05, 3.63) is 48.0 Å². The number of aromatic nitrogens is 2. The highest BCUT2D eigenvalue weighted by atomic mass is 19.4. The molecule has 0 spiro atoms. The number of hydrogen-bond acceptors (Lipinski definition) is 4. The number of halogens is 3. The Kier molecular flexibility index (Phi) is 5.36. The number of carbonyl (C=O) groups is 1. The lowest BCUT2D eigenvalue weighted by atomic mass is 9.97. The van der Waals surface area contributed by atoms with Gasteiger partial charge in [0, 0.05) is 38.0 Å². The summed E-state index contributed by atoms with van der Waals surface area (Å²) >= 11 is 0. The van der Waals surface area contributed by atoms with E-state index in [9.17, 15) is 23.1 Å². The number of aliphatic hydroxyl groups is 1. The molecule has 0 aliphatic rings. The number of ether oxygens (including phenoxy) is 1. The molecular formula is C16H18F3N3O3. The Morgan fingerprint density at radius 3 is 2.44 bits per heavy atom. The normalized spacial score (nSPS) is 14.0. The first-order valence-electron chi connectivity index (χ1n) is 7.38. The van der Waals surface area contributed by atoms with E-state index in [1.54, 1.807) is 12.1 Å². The van der Waals surface area contributed by atoms with Crippen LogP contribution in [-0.4, -0.2) is 40.4 Å². The number of hydrogen-bond donors (Lipinski definition) is 2. The van der Waals surface area contributed by atoms with E-state index >= 15 is 0 Å². The van der Waals surface area contributed by atoms with Gasteiger partial charge in [0.15, 0.2) is 0 Å². The van der Waals surface area contributed by atoms with Crippen molar-refractivity contribution in [2.24, 2.45) is 7.05 Å². The fraction of sp³-hybridized carbons (Fsp3) is 0.375. The molecule has 0 aliphatic carbocycles. The second-order valence-corrected chi connectivity index (χ2v) is 5.45. The highest BCUT2D eigenvalue weighted by molar-refractivity contribution is 5.94. The van der Waals surface area contributed by atoms with E-state index in [1.807, 2.05) is 0 Å². The number of methoxy groups -OCH3 is 1. The summed E-state index contributed by atoms with van der Waals surface area (Å²) in [6.07, 6.45) is -3.22. The number of carbonyl (C=O) groups excluding carboxylic acids is 1. The molecule has 25 heavy (non-hydrogen) atoms. The van der Waals surface area contributed by atoms with Gasteiger partial charge in [-0.05, 0) is 24.3 Å². The van der Waals surface area contributed by atoms with E-state index in [0.717, 1.165) is 4.57 Å². The van der Waals surface area contributed by atoms with Gasteiger partial charge in [-0.15, -0.1) is 0 Å². The molecule has 0 fully saturated rings. The van der Waals surface area contributed by atoms with Gasteiger partial charge < -0.3 is 19.7 Å². The lowest BCUT2D eigenvalue weighted by molar-refractivity contribution is -0.272. The molecule has 2 N–H and O–H groups in total. The number of imidazole rings is 1. The Morgan fingerprint density at radius 2 is 1.96 bits per heavy atom. The minimum atomic E-state index is -4.93. The van der Waals surface area contributed by atoms with Gasteiger partial charge in [0.2, 0.25) is 5.60 Å². The van der Waals surface area contributed by atoms with Crippen molar-refractivity contribution in [3.8, 4) is 5.75 Å². The van der Waals surface area contributed by atoms with Crippen LogP contribution in [0, 0.1) is 0 Å². The maximum absolute atomic E-state index is 13.3. The summed E-state index contributed by atoms with van der Waals surface area (Å²) in [4.78, 5) is 15.6. The second-order valence-electron chi connectivity index (χ2n) is 5.45. The molecule has 2 aromatic rings. The predicted octanol–water partition coefficient (Wildman–Crippen LogP) is 2.00. The minimum Gasteiger partial charge on any atom is -0.497 e. The van der Waals surface area contributed by atoms with Gasteiger partial charge >= 0.3 is 6.18 Å². The lowest BCUT2D eigenvalue weighted by Gasteiger charge is -2.29. The Bertz CT molecular complexity index is 728. The predicted molar refractivity (Wildman–Crippen MR) is 83.1 cm³/mol. The highest BCUT2D eigenvalue weighted by Crippen LogP contribution is 2.40. The van der Waals surface area contributed by atoms with E-state index in [-0.39, 0.29) is 12.1 Å². The second kappa shape index (κ2) is 7.14. The number of rotatable bonds is 6. The Balaban J connectivity index is 2.06. The molecule has 1 aromatic heterocycles. The van der Waals surface area contributed by atoms with Crippen LogP contribution in [0.5, 0.6) is 5.75 Å². The van der Waals surface area contributed by atoms with Crippen molar-refractivity contribution in [1.29, 1.82) is 0 Å². The summed E-state index contributed by atoms with van der Waals surface area (Å²) in [5.74, 6) is -0.525. The number of benzene rings is 1. The smallest absolute Gasteiger partial charge is 0.424 e. The number of nitrogens with zero attached hydrogens (tertiary/aromatic N) is 2. The molecule has 1 aromatic carbocycles. The summed E-state index contributed by atoms with van der Waals surface area (Å²) in [7, 11) is 2.83. The third-order valence-electron chi connectivity index (χ3n) is 3.78. The van der Waals surface area contributed by atoms with E-state index in [1.165, 1.54) is 38.7 Å². The molecule has 136 valence electrons. The number of alkyl halides is 3. The monoisotopic (exact) mass is 357 g/mol. The van der Waals surface area contributed by atoms with Crippen LogP contribution in [0.4, 0.5) is 13.2 Å². The van der Waals surface area contributed by atoms with Crippen molar-refractivity contribution in [3.63, 3.8) is 0 Å². The Morgan fingerprint density at radius 1 is 1.32 bits per heavy atom. The molecule has 1 amide bonds. The molecule has 1 unspecified atom stereocenters. The van der Waals surface area contributed by atoms with E-state index in [2.05, 4.69) is 10.3 Å². The van der Waals surface area contributed by atoms with Gasteiger partial charge in [-0.25, -0.2) is 4.98 Å². The fourth-order valence-electron chi connectivity index (χ4n) is 2.35. The van der Waals surface area contributed by atoms with Gasteiger partial charge in [0.1, 0.15) is 11.6 Å². The Labute approximate surface area is 142 Å². The van der Waals surface area contributed by atoms with Crippen LogP contribution < -0.4 is 10.1 Å². The van der Waals surface area contributed by atoms with Gasteiger partial charge in [-0.3, -0.25) is 4.79 Å². The average Bonchev–Trinajstić information content (AvgIpc) is 3.00. The molecule has 0 radical (unpaired) electrons. The zero-order valence-corrected chi connectivity index (χ0v) is 13.7. The molecule has 0 saturated carbocycles. The highest BCUT2D eigenvalue weighted by Gasteiger charge is 2.57. The molecule has 2 rings (SSSR count).